The van der Waals surface area contributed by atoms with E-state index in [2.05, 4.69) is 9.97 Å². The number of H-pyrrole nitrogens is 1. The number of fused-ring (bicyclic) bond motifs is 1. The van der Waals surface area contributed by atoms with Gasteiger partial charge in [-0.1, -0.05) is 0 Å². The molecule has 3 heterocycles. The molecule has 21 heavy (non-hydrogen) atoms. The average molecular weight is 297 g/mol. The molecule has 8 nitrogen and oxygen atoms in total. The fourth-order valence-corrected chi connectivity index (χ4v) is 2.29. The maximum absolute atomic E-state index is 14.0. The molecule has 1 aliphatic heterocycles. The van der Waals surface area contributed by atoms with Crippen molar-refractivity contribution >= 4 is 11.0 Å². The summed E-state index contributed by atoms with van der Waals surface area (Å²) in [6.07, 6.45) is -4.61. The summed E-state index contributed by atoms with van der Waals surface area (Å²) >= 11 is 0. The summed E-state index contributed by atoms with van der Waals surface area (Å²) in [7, 11) is 0. The molecule has 2 aromatic heterocycles. The van der Waals surface area contributed by atoms with Crippen molar-refractivity contribution in [3.05, 3.63) is 39.2 Å². The zero-order valence-corrected chi connectivity index (χ0v) is 10.6. The molecule has 0 bridgehead atoms. The van der Waals surface area contributed by atoms with E-state index in [0.717, 1.165) is 4.57 Å². The largest absolute Gasteiger partial charge is 0.394 e. The number of rotatable bonds is 2. The Hall–Kier alpha value is -2.10. The third-order valence-corrected chi connectivity index (χ3v) is 3.38. The molecular weight excluding hydrogens is 285 g/mol. The molecule has 3 N–H and O–H groups in total. The van der Waals surface area contributed by atoms with Crippen molar-refractivity contribution in [2.24, 2.45) is 0 Å². The highest BCUT2D eigenvalue weighted by atomic mass is 19.1. The molecule has 1 aliphatic rings. The minimum Gasteiger partial charge on any atom is -0.394 e. The molecule has 112 valence electrons. The number of ether oxygens (including phenoxy) is 1. The predicted octanol–water partition coefficient (Wildman–Crippen LogP) is -1.33. The monoisotopic (exact) mass is 297 g/mol. The summed E-state index contributed by atoms with van der Waals surface area (Å²) in [4.78, 5) is 29.1. The van der Waals surface area contributed by atoms with Crippen LogP contribution in [0.4, 0.5) is 4.39 Å². The van der Waals surface area contributed by atoms with Crippen LogP contribution < -0.4 is 11.2 Å². The molecule has 0 aromatic carbocycles. The first kappa shape index (κ1) is 13.9. The van der Waals surface area contributed by atoms with Crippen LogP contribution in [-0.2, 0) is 4.74 Å². The Balaban J connectivity index is 2.09. The second-order valence-corrected chi connectivity index (χ2v) is 4.74. The van der Waals surface area contributed by atoms with E-state index in [-0.39, 0.29) is 5.65 Å². The third kappa shape index (κ3) is 2.24. The van der Waals surface area contributed by atoms with Crippen LogP contribution in [0.1, 0.15) is 6.23 Å². The number of aliphatic hydroxyl groups excluding tert-OH is 2. The molecular formula is C12H12FN3O5. The van der Waals surface area contributed by atoms with E-state index in [4.69, 9.17) is 9.84 Å². The van der Waals surface area contributed by atoms with Crippen LogP contribution in [0.25, 0.3) is 11.0 Å². The van der Waals surface area contributed by atoms with Crippen molar-refractivity contribution in [1.82, 2.24) is 14.5 Å². The van der Waals surface area contributed by atoms with Crippen molar-refractivity contribution < 1.29 is 19.3 Å². The standard InChI is InChI=1S/C12H12FN3O5/c13-8-9(19)6(4-17)21-11(8)16-3-5-1-2-7(18)14-10(5)15-12(16)20/h1-3,6,8-9,11,17,19H,4H2,(H,14,15,18,20). The summed E-state index contributed by atoms with van der Waals surface area (Å²) in [5.41, 5.74) is -1.16. The van der Waals surface area contributed by atoms with Gasteiger partial charge in [0, 0.05) is 17.6 Å². The Morgan fingerprint density at radius 3 is 2.86 bits per heavy atom. The van der Waals surface area contributed by atoms with Gasteiger partial charge >= 0.3 is 5.69 Å². The highest BCUT2D eigenvalue weighted by molar-refractivity contribution is 5.72. The number of aliphatic hydroxyl groups is 2. The highest BCUT2D eigenvalue weighted by Gasteiger charge is 2.45. The topological polar surface area (TPSA) is 117 Å². The SMILES string of the molecule is O=c1ccc2cn(C3OC(CO)C(O)C3F)c(=O)nc2[nH]1. The molecule has 9 heteroatoms. The van der Waals surface area contributed by atoms with Crippen LogP contribution in [-0.4, -0.2) is 49.7 Å². The van der Waals surface area contributed by atoms with E-state index in [1.54, 1.807) is 0 Å². The van der Waals surface area contributed by atoms with Gasteiger partial charge in [-0.25, -0.2) is 9.18 Å². The maximum Gasteiger partial charge on any atom is 0.351 e. The first-order valence-corrected chi connectivity index (χ1v) is 6.22. The Morgan fingerprint density at radius 2 is 2.19 bits per heavy atom. The van der Waals surface area contributed by atoms with Gasteiger partial charge in [0.05, 0.1) is 6.61 Å². The molecule has 0 amide bonds. The quantitative estimate of drug-likeness (QED) is 0.632. The molecule has 0 spiro atoms. The minimum atomic E-state index is -1.87. The van der Waals surface area contributed by atoms with E-state index in [0.29, 0.717) is 5.39 Å². The van der Waals surface area contributed by atoms with E-state index >= 15 is 0 Å². The van der Waals surface area contributed by atoms with Crippen molar-refractivity contribution in [2.75, 3.05) is 6.61 Å². The Morgan fingerprint density at radius 1 is 1.43 bits per heavy atom. The van der Waals surface area contributed by atoms with Gasteiger partial charge in [-0.05, 0) is 6.07 Å². The Kier molecular flexibility index (Phi) is 3.32. The predicted molar refractivity (Wildman–Crippen MR) is 68.5 cm³/mol. The lowest BCUT2D eigenvalue weighted by Gasteiger charge is -2.16. The number of hydrogen-bond donors (Lipinski definition) is 3. The lowest BCUT2D eigenvalue weighted by molar-refractivity contribution is -0.0489. The van der Waals surface area contributed by atoms with Gasteiger partial charge in [0.25, 0.3) is 0 Å². The van der Waals surface area contributed by atoms with E-state index in [1.807, 2.05) is 0 Å². The first-order valence-electron chi connectivity index (χ1n) is 6.22. The van der Waals surface area contributed by atoms with E-state index in [9.17, 15) is 19.1 Å². The number of alkyl halides is 1. The van der Waals surface area contributed by atoms with Gasteiger partial charge in [-0.2, -0.15) is 4.98 Å². The van der Waals surface area contributed by atoms with Crippen molar-refractivity contribution in [1.29, 1.82) is 0 Å². The zero-order valence-electron chi connectivity index (χ0n) is 10.6. The molecule has 2 aromatic rings. The fraction of sp³-hybridized carbons (Fsp3) is 0.417. The van der Waals surface area contributed by atoms with Crippen molar-refractivity contribution in [2.45, 2.75) is 24.6 Å². The number of hydrogen-bond acceptors (Lipinski definition) is 6. The number of nitrogens with zero attached hydrogens (tertiary/aromatic N) is 2. The smallest absolute Gasteiger partial charge is 0.351 e. The van der Waals surface area contributed by atoms with E-state index < -0.39 is 42.5 Å². The molecule has 3 rings (SSSR count). The average Bonchev–Trinajstić information content (AvgIpc) is 2.74. The number of pyridine rings is 1. The normalized spacial score (nSPS) is 29.1. The summed E-state index contributed by atoms with van der Waals surface area (Å²) in [6, 6.07) is 2.67. The number of aromatic nitrogens is 3. The van der Waals surface area contributed by atoms with Gasteiger partial charge in [0.2, 0.25) is 5.56 Å². The van der Waals surface area contributed by atoms with Gasteiger partial charge in [0.15, 0.2) is 12.4 Å². The van der Waals surface area contributed by atoms with Crippen LogP contribution in [0.2, 0.25) is 0 Å². The second kappa shape index (κ2) is 5.02. The summed E-state index contributed by atoms with van der Waals surface area (Å²) in [5.74, 6) is 0. The number of halogens is 1. The summed E-state index contributed by atoms with van der Waals surface area (Å²) < 4.78 is 20.1. The van der Waals surface area contributed by atoms with Crippen LogP contribution >= 0.6 is 0 Å². The Labute approximate surface area is 116 Å². The molecule has 1 fully saturated rings. The molecule has 0 saturated carbocycles. The zero-order chi connectivity index (χ0) is 15.1. The third-order valence-electron chi connectivity index (χ3n) is 3.38. The number of aromatic amines is 1. The van der Waals surface area contributed by atoms with Crippen LogP contribution in [0.5, 0.6) is 0 Å². The summed E-state index contributed by atoms with van der Waals surface area (Å²) in [5, 5.41) is 19.0. The van der Waals surface area contributed by atoms with Crippen molar-refractivity contribution in [3.63, 3.8) is 0 Å². The van der Waals surface area contributed by atoms with Crippen molar-refractivity contribution in [3.8, 4) is 0 Å². The lowest BCUT2D eigenvalue weighted by Crippen LogP contribution is -2.33. The molecule has 4 atom stereocenters. The molecule has 4 unspecified atom stereocenters. The molecule has 1 saturated heterocycles. The second-order valence-electron chi connectivity index (χ2n) is 4.74. The van der Waals surface area contributed by atoms with Crippen LogP contribution in [0.3, 0.4) is 0 Å². The molecule has 0 aliphatic carbocycles. The van der Waals surface area contributed by atoms with E-state index in [1.165, 1.54) is 18.3 Å². The van der Waals surface area contributed by atoms with Gasteiger partial charge in [-0.3, -0.25) is 9.36 Å². The number of nitrogens with one attached hydrogen (secondary N) is 1. The first-order chi connectivity index (χ1) is 10.0. The van der Waals surface area contributed by atoms with Gasteiger partial charge < -0.3 is 19.9 Å². The fourth-order valence-electron chi connectivity index (χ4n) is 2.29. The summed E-state index contributed by atoms with van der Waals surface area (Å²) in [6.45, 7) is -0.568. The lowest BCUT2D eigenvalue weighted by atomic mass is 10.1. The van der Waals surface area contributed by atoms with Gasteiger partial charge in [-0.15, -0.1) is 0 Å². The van der Waals surface area contributed by atoms with Crippen LogP contribution in [0, 0.1) is 0 Å². The highest BCUT2D eigenvalue weighted by Crippen LogP contribution is 2.30. The maximum atomic E-state index is 14.0. The minimum absolute atomic E-state index is 0.0800. The molecule has 0 radical (unpaired) electrons. The van der Waals surface area contributed by atoms with Gasteiger partial charge in [0.1, 0.15) is 17.9 Å². The van der Waals surface area contributed by atoms with Crippen LogP contribution in [0.15, 0.2) is 27.9 Å². The Bertz CT molecular complexity index is 788.